The molecule has 19 heavy (non-hydrogen) atoms. The summed E-state index contributed by atoms with van der Waals surface area (Å²) in [6.07, 6.45) is 6.54. The van der Waals surface area contributed by atoms with E-state index >= 15 is 0 Å². The van der Waals surface area contributed by atoms with Crippen LogP contribution in [-0.2, 0) is 6.54 Å². The maximum atomic E-state index is 5.27. The molecule has 0 spiro atoms. The highest BCUT2D eigenvalue weighted by atomic mass is 16.5. The largest absolute Gasteiger partial charge is 0.481 e. The second-order valence-electron chi connectivity index (χ2n) is 5.21. The molecule has 1 aromatic rings. The summed E-state index contributed by atoms with van der Waals surface area (Å²) in [5.41, 5.74) is 0.895. The molecule has 0 aliphatic heterocycles. The Morgan fingerprint density at radius 2 is 1.68 bits per heavy atom. The first-order chi connectivity index (χ1) is 9.24. The number of aromatic nitrogens is 2. The van der Waals surface area contributed by atoms with Crippen molar-refractivity contribution in [3.63, 3.8) is 0 Å². The summed E-state index contributed by atoms with van der Waals surface area (Å²) in [7, 11) is 3.24. The molecule has 1 aliphatic carbocycles. The molecule has 1 heterocycles. The van der Waals surface area contributed by atoms with E-state index in [1.165, 1.54) is 32.0 Å². The van der Waals surface area contributed by atoms with E-state index in [0.717, 1.165) is 11.5 Å². The Bertz CT molecular complexity index is 381. The van der Waals surface area contributed by atoms with Crippen LogP contribution in [0.5, 0.6) is 11.8 Å². The van der Waals surface area contributed by atoms with Crippen molar-refractivity contribution in [2.75, 3.05) is 14.2 Å². The van der Waals surface area contributed by atoms with Gasteiger partial charge in [0.1, 0.15) is 6.33 Å². The van der Waals surface area contributed by atoms with E-state index in [-0.39, 0.29) is 0 Å². The van der Waals surface area contributed by atoms with Crippen molar-refractivity contribution >= 4 is 0 Å². The fraction of sp³-hybridized carbons (Fsp3) is 0.714. The minimum atomic E-state index is 0.575. The zero-order valence-electron chi connectivity index (χ0n) is 12.0. The van der Waals surface area contributed by atoms with Gasteiger partial charge in [-0.3, -0.25) is 0 Å². The third-order valence-electron chi connectivity index (χ3n) is 3.84. The van der Waals surface area contributed by atoms with Gasteiger partial charge in [0, 0.05) is 12.6 Å². The fourth-order valence-corrected chi connectivity index (χ4v) is 2.59. The number of nitrogens with zero attached hydrogens (tertiary/aromatic N) is 2. The van der Waals surface area contributed by atoms with Gasteiger partial charge in [-0.15, -0.1) is 0 Å². The SMILES string of the molecule is COc1ncnc(OC)c1CNC1CCC(C)CC1. The van der Waals surface area contributed by atoms with Gasteiger partial charge >= 0.3 is 0 Å². The van der Waals surface area contributed by atoms with Crippen molar-refractivity contribution in [1.82, 2.24) is 15.3 Å². The molecule has 1 saturated carbocycles. The van der Waals surface area contributed by atoms with Crippen molar-refractivity contribution in [2.24, 2.45) is 5.92 Å². The van der Waals surface area contributed by atoms with E-state index in [4.69, 9.17) is 9.47 Å². The third kappa shape index (κ3) is 3.56. The Morgan fingerprint density at radius 1 is 1.11 bits per heavy atom. The smallest absolute Gasteiger partial charge is 0.224 e. The Balaban J connectivity index is 1.98. The number of ether oxygens (including phenoxy) is 2. The summed E-state index contributed by atoms with van der Waals surface area (Å²) in [5.74, 6) is 2.04. The Hall–Kier alpha value is -1.36. The second kappa shape index (κ2) is 6.70. The van der Waals surface area contributed by atoms with Crippen molar-refractivity contribution in [3.8, 4) is 11.8 Å². The zero-order chi connectivity index (χ0) is 13.7. The maximum Gasteiger partial charge on any atom is 0.224 e. The lowest BCUT2D eigenvalue weighted by atomic mass is 9.87. The highest BCUT2D eigenvalue weighted by Gasteiger charge is 2.19. The highest BCUT2D eigenvalue weighted by Crippen LogP contribution is 2.26. The highest BCUT2D eigenvalue weighted by molar-refractivity contribution is 5.34. The molecule has 106 valence electrons. The van der Waals surface area contributed by atoms with Crippen molar-refractivity contribution < 1.29 is 9.47 Å². The Labute approximate surface area is 114 Å². The Morgan fingerprint density at radius 3 is 2.21 bits per heavy atom. The second-order valence-corrected chi connectivity index (χ2v) is 5.21. The number of rotatable bonds is 5. The van der Waals surface area contributed by atoms with Gasteiger partial charge in [-0.2, -0.15) is 0 Å². The van der Waals surface area contributed by atoms with Crippen molar-refractivity contribution in [2.45, 2.75) is 45.2 Å². The first-order valence-corrected chi connectivity index (χ1v) is 6.89. The average molecular weight is 265 g/mol. The molecule has 5 heteroatoms. The standard InChI is InChI=1S/C14H23N3O2/c1-10-4-6-11(7-5-10)15-8-12-13(18-2)16-9-17-14(12)19-3/h9-11,15H,4-8H2,1-3H3. The van der Waals surface area contributed by atoms with Crippen LogP contribution in [0.2, 0.25) is 0 Å². The van der Waals surface area contributed by atoms with E-state index in [0.29, 0.717) is 24.3 Å². The lowest BCUT2D eigenvalue weighted by Crippen LogP contribution is -2.32. The first-order valence-electron chi connectivity index (χ1n) is 6.89. The predicted molar refractivity (Wildman–Crippen MR) is 73.4 cm³/mol. The van der Waals surface area contributed by atoms with Crippen LogP contribution < -0.4 is 14.8 Å². The van der Waals surface area contributed by atoms with Crippen LogP contribution in [-0.4, -0.2) is 30.2 Å². The monoisotopic (exact) mass is 265 g/mol. The number of hydrogen-bond donors (Lipinski definition) is 1. The van der Waals surface area contributed by atoms with Crippen LogP contribution in [0.3, 0.4) is 0 Å². The summed E-state index contributed by atoms with van der Waals surface area (Å²) in [4.78, 5) is 8.26. The molecule has 0 saturated heterocycles. The van der Waals surface area contributed by atoms with Gasteiger partial charge in [0.05, 0.1) is 19.8 Å². The van der Waals surface area contributed by atoms with E-state index in [1.807, 2.05) is 0 Å². The quantitative estimate of drug-likeness (QED) is 0.884. The summed E-state index contributed by atoms with van der Waals surface area (Å²) >= 11 is 0. The molecule has 0 aromatic carbocycles. The van der Waals surface area contributed by atoms with Gasteiger partial charge in [0.2, 0.25) is 11.8 Å². The number of methoxy groups -OCH3 is 2. The lowest BCUT2D eigenvalue weighted by molar-refractivity contribution is 0.300. The molecule has 0 radical (unpaired) electrons. The van der Waals surface area contributed by atoms with E-state index in [1.54, 1.807) is 14.2 Å². The van der Waals surface area contributed by atoms with Gasteiger partial charge in [0.15, 0.2) is 0 Å². The third-order valence-corrected chi connectivity index (χ3v) is 3.84. The molecule has 1 aromatic heterocycles. The maximum absolute atomic E-state index is 5.27. The van der Waals surface area contributed by atoms with Gasteiger partial charge in [-0.05, 0) is 31.6 Å². The van der Waals surface area contributed by atoms with Gasteiger partial charge in [-0.1, -0.05) is 6.92 Å². The minimum Gasteiger partial charge on any atom is -0.481 e. The molecule has 0 atom stereocenters. The van der Waals surface area contributed by atoms with Crippen LogP contribution in [0, 0.1) is 5.92 Å². The Kier molecular flexibility index (Phi) is 4.96. The van der Waals surface area contributed by atoms with Gasteiger partial charge in [-0.25, -0.2) is 9.97 Å². The van der Waals surface area contributed by atoms with Crippen LogP contribution >= 0.6 is 0 Å². The zero-order valence-corrected chi connectivity index (χ0v) is 12.0. The molecular formula is C14H23N3O2. The molecule has 0 unspecified atom stereocenters. The van der Waals surface area contributed by atoms with Crippen molar-refractivity contribution in [3.05, 3.63) is 11.9 Å². The predicted octanol–water partition coefficient (Wildman–Crippen LogP) is 2.16. The van der Waals surface area contributed by atoms with Crippen LogP contribution in [0.15, 0.2) is 6.33 Å². The number of nitrogens with one attached hydrogen (secondary N) is 1. The van der Waals surface area contributed by atoms with Crippen LogP contribution in [0.1, 0.15) is 38.2 Å². The molecule has 1 aliphatic rings. The fourth-order valence-electron chi connectivity index (χ4n) is 2.59. The topological polar surface area (TPSA) is 56.3 Å². The summed E-state index contributed by atoms with van der Waals surface area (Å²) in [6, 6.07) is 0.575. The minimum absolute atomic E-state index is 0.575. The molecule has 5 nitrogen and oxygen atoms in total. The molecule has 0 amide bonds. The van der Waals surface area contributed by atoms with E-state index < -0.39 is 0 Å². The van der Waals surface area contributed by atoms with Gasteiger partial charge < -0.3 is 14.8 Å². The van der Waals surface area contributed by atoms with Gasteiger partial charge in [0.25, 0.3) is 0 Å². The van der Waals surface area contributed by atoms with E-state index in [9.17, 15) is 0 Å². The van der Waals surface area contributed by atoms with Crippen LogP contribution in [0.4, 0.5) is 0 Å². The molecule has 1 fully saturated rings. The summed E-state index contributed by atoms with van der Waals surface area (Å²) in [6.45, 7) is 3.01. The molecule has 2 rings (SSSR count). The molecular weight excluding hydrogens is 242 g/mol. The number of hydrogen-bond acceptors (Lipinski definition) is 5. The normalized spacial score (nSPS) is 23.1. The first kappa shape index (κ1) is 14.1. The van der Waals surface area contributed by atoms with Crippen molar-refractivity contribution in [1.29, 1.82) is 0 Å². The molecule has 0 bridgehead atoms. The average Bonchev–Trinajstić information content (AvgIpc) is 2.46. The molecule has 1 N–H and O–H groups in total. The van der Waals surface area contributed by atoms with Crippen LogP contribution in [0.25, 0.3) is 0 Å². The summed E-state index contributed by atoms with van der Waals surface area (Å²) < 4.78 is 10.5. The van der Waals surface area contributed by atoms with E-state index in [2.05, 4.69) is 22.2 Å². The summed E-state index contributed by atoms with van der Waals surface area (Å²) in [5, 5.41) is 3.57. The lowest BCUT2D eigenvalue weighted by Gasteiger charge is -2.27.